The van der Waals surface area contributed by atoms with Crippen molar-refractivity contribution < 1.29 is 4.74 Å². The maximum absolute atomic E-state index is 5.85. The van der Waals surface area contributed by atoms with E-state index < -0.39 is 0 Å². The van der Waals surface area contributed by atoms with E-state index in [9.17, 15) is 0 Å². The van der Waals surface area contributed by atoms with Crippen LogP contribution in [0.25, 0.3) is 0 Å². The second-order valence-electron chi connectivity index (χ2n) is 7.21. The van der Waals surface area contributed by atoms with Gasteiger partial charge in [-0.3, -0.25) is 0 Å². The van der Waals surface area contributed by atoms with E-state index in [1.54, 1.807) is 0 Å². The van der Waals surface area contributed by atoms with Crippen LogP contribution < -0.4 is 10.1 Å². The molecule has 0 heterocycles. The third-order valence-electron chi connectivity index (χ3n) is 5.66. The first-order valence-electron chi connectivity index (χ1n) is 8.87. The summed E-state index contributed by atoms with van der Waals surface area (Å²) in [5, 5.41) is 3.70. The van der Waals surface area contributed by atoms with E-state index in [-0.39, 0.29) is 0 Å². The highest BCUT2D eigenvalue weighted by molar-refractivity contribution is 5.48. The second kappa shape index (κ2) is 6.27. The van der Waals surface area contributed by atoms with Gasteiger partial charge in [-0.1, -0.05) is 24.6 Å². The minimum absolute atomic E-state index is 0.561. The van der Waals surface area contributed by atoms with Crippen LogP contribution in [-0.4, -0.2) is 6.04 Å². The zero-order valence-corrected chi connectivity index (χ0v) is 13.7. The van der Waals surface area contributed by atoms with Crippen molar-refractivity contribution in [1.82, 2.24) is 0 Å². The Labute approximate surface area is 138 Å². The fourth-order valence-electron chi connectivity index (χ4n) is 4.52. The van der Waals surface area contributed by atoms with E-state index in [4.69, 9.17) is 4.74 Å². The van der Waals surface area contributed by atoms with Gasteiger partial charge in [-0.15, -0.1) is 0 Å². The van der Waals surface area contributed by atoms with E-state index in [1.165, 1.54) is 31.4 Å². The number of fused-ring (bicyclic) bond motifs is 2. The molecule has 2 heteroatoms. The molecule has 0 saturated heterocycles. The lowest BCUT2D eigenvalue weighted by molar-refractivity contribution is 0.304. The van der Waals surface area contributed by atoms with Gasteiger partial charge in [0.25, 0.3) is 0 Å². The summed E-state index contributed by atoms with van der Waals surface area (Å²) in [5.74, 6) is 4.59. The molecular weight excluding hydrogens is 282 g/mol. The van der Waals surface area contributed by atoms with Crippen LogP contribution in [0, 0.1) is 17.8 Å². The number of para-hydroxylation sites is 1. The average molecular weight is 307 g/mol. The molecule has 0 radical (unpaired) electrons. The number of rotatable bonds is 5. The highest BCUT2D eigenvalue weighted by Gasteiger charge is 2.41. The third-order valence-corrected chi connectivity index (χ3v) is 5.66. The first-order chi connectivity index (χ1) is 11.3. The van der Waals surface area contributed by atoms with Crippen LogP contribution in [0.3, 0.4) is 0 Å². The Kier molecular flexibility index (Phi) is 3.99. The molecule has 2 aromatic rings. The van der Waals surface area contributed by atoms with Crippen molar-refractivity contribution >= 4 is 5.69 Å². The van der Waals surface area contributed by atoms with Crippen LogP contribution >= 0.6 is 0 Å². The molecule has 2 nitrogen and oxygen atoms in total. The summed E-state index contributed by atoms with van der Waals surface area (Å²) in [5.41, 5.74) is 1.20. The average Bonchev–Trinajstić information content (AvgIpc) is 3.21. The highest BCUT2D eigenvalue weighted by atomic mass is 16.5. The van der Waals surface area contributed by atoms with Crippen molar-refractivity contribution in [3.63, 3.8) is 0 Å². The van der Waals surface area contributed by atoms with Gasteiger partial charge in [0.05, 0.1) is 0 Å². The molecule has 4 rings (SSSR count). The molecule has 0 aliphatic heterocycles. The number of nitrogens with one attached hydrogen (secondary N) is 1. The molecule has 2 bridgehead atoms. The maximum atomic E-state index is 5.85. The topological polar surface area (TPSA) is 21.3 Å². The molecule has 120 valence electrons. The van der Waals surface area contributed by atoms with Crippen LogP contribution in [0.15, 0.2) is 54.6 Å². The normalized spacial score (nSPS) is 26.9. The lowest BCUT2D eigenvalue weighted by Gasteiger charge is -2.29. The summed E-state index contributed by atoms with van der Waals surface area (Å²) in [6, 6.07) is 18.8. The molecule has 23 heavy (non-hydrogen) atoms. The Morgan fingerprint density at radius 2 is 1.65 bits per heavy atom. The van der Waals surface area contributed by atoms with E-state index in [2.05, 4.69) is 24.4 Å². The van der Waals surface area contributed by atoms with Gasteiger partial charge in [0.15, 0.2) is 0 Å². The molecule has 1 N–H and O–H groups in total. The van der Waals surface area contributed by atoms with Crippen molar-refractivity contribution in [2.24, 2.45) is 17.8 Å². The predicted molar refractivity (Wildman–Crippen MR) is 95.0 cm³/mol. The molecule has 2 aliphatic carbocycles. The standard InChI is InChI=1S/C21H25NO/c1-15(21-14-16-7-8-17(21)13-16)22-18-9-11-20(12-10-18)23-19-5-3-2-4-6-19/h2-6,9-12,15-17,21-22H,7-8,13-14H2,1H3. The van der Waals surface area contributed by atoms with Crippen LogP contribution in [0.1, 0.15) is 32.6 Å². The third kappa shape index (κ3) is 3.21. The second-order valence-corrected chi connectivity index (χ2v) is 7.21. The first-order valence-corrected chi connectivity index (χ1v) is 8.87. The lowest BCUT2D eigenvalue weighted by atomic mass is 9.84. The summed E-state index contributed by atoms with van der Waals surface area (Å²) in [6.07, 6.45) is 5.82. The quantitative estimate of drug-likeness (QED) is 0.763. The molecule has 2 aromatic carbocycles. The Morgan fingerprint density at radius 3 is 2.30 bits per heavy atom. The van der Waals surface area contributed by atoms with Gasteiger partial charge in [0.1, 0.15) is 11.5 Å². The van der Waals surface area contributed by atoms with Crippen molar-refractivity contribution in [3.05, 3.63) is 54.6 Å². The minimum atomic E-state index is 0.561. The molecule has 4 unspecified atom stereocenters. The van der Waals surface area contributed by atoms with E-state index in [0.717, 1.165) is 29.3 Å². The fraction of sp³-hybridized carbons (Fsp3) is 0.429. The number of ether oxygens (including phenoxy) is 1. The van der Waals surface area contributed by atoms with Gasteiger partial charge < -0.3 is 10.1 Å². The SMILES string of the molecule is CC(Nc1ccc(Oc2ccccc2)cc1)C1CC2CCC1C2. The van der Waals surface area contributed by atoms with Crippen molar-refractivity contribution in [1.29, 1.82) is 0 Å². The monoisotopic (exact) mass is 307 g/mol. The smallest absolute Gasteiger partial charge is 0.127 e. The summed E-state index contributed by atoms with van der Waals surface area (Å²) in [7, 11) is 0. The van der Waals surface area contributed by atoms with Gasteiger partial charge in [-0.25, -0.2) is 0 Å². The molecule has 0 amide bonds. The molecule has 2 fully saturated rings. The minimum Gasteiger partial charge on any atom is -0.457 e. The molecule has 0 aromatic heterocycles. The number of benzene rings is 2. The zero-order valence-electron chi connectivity index (χ0n) is 13.7. The van der Waals surface area contributed by atoms with Gasteiger partial charge in [0.2, 0.25) is 0 Å². The Balaban J connectivity index is 1.36. The number of hydrogen-bond acceptors (Lipinski definition) is 2. The Morgan fingerprint density at radius 1 is 0.913 bits per heavy atom. The first kappa shape index (κ1) is 14.6. The van der Waals surface area contributed by atoms with Crippen molar-refractivity contribution in [2.75, 3.05) is 5.32 Å². The fourth-order valence-corrected chi connectivity index (χ4v) is 4.52. The van der Waals surface area contributed by atoms with Crippen LogP contribution in [0.2, 0.25) is 0 Å². The van der Waals surface area contributed by atoms with Crippen LogP contribution in [0.5, 0.6) is 11.5 Å². The number of anilines is 1. The van der Waals surface area contributed by atoms with E-state index in [0.29, 0.717) is 6.04 Å². The van der Waals surface area contributed by atoms with Crippen LogP contribution in [0.4, 0.5) is 5.69 Å². The van der Waals surface area contributed by atoms with Gasteiger partial charge in [0, 0.05) is 11.7 Å². The maximum Gasteiger partial charge on any atom is 0.127 e. The summed E-state index contributed by atoms with van der Waals surface area (Å²) < 4.78 is 5.85. The Bertz CT molecular complexity index is 637. The highest BCUT2D eigenvalue weighted by Crippen LogP contribution is 2.49. The zero-order chi connectivity index (χ0) is 15.6. The lowest BCUT2D eigenvalue weighted by Crippen LogP contribution is -2.29. The molecule has 0 spiro atoms. The van der Waals surface area contributed by atoms with E-state index in [1.807, 2.05) is 42.5 Å². The van der Waals surface area contributed by atoms with Gasteiger partial charge in [-0.2, -0.15) is 0 Å². The Hall–Kier alpha value is -1.96. The molecular formula is C21H25NO. The summed E-state index contributed by atoms with van der Waals surface area (Å²) >= 11 is 0. The van der Waals surface area contributed by atoms with E-state index >= 15 is 0 Å². The van der Waals surface area contributed by atoms with Crippen LogP contribution in [-0.2, 0) is 0 Å². The molecule has 4 atom stereocenters. The van der Waals surface area contributed by atoms with Gasteiger partial charge >= 0.3 is 0 Å². The predicted octanol–water partition coefficient (Wildman–Crippen LogP) is 5.72. The molecule has 2 saturated carbocycles. The summed E-state index contributed by atoms with van der Waals surface area (Å²) in [4.78, 5) is 0. The summed E-state index contributed by atoms with van der Waals surface area (Å²) in [6.45, 7) is 2.35. The number of hydrogen-bond donors (Lipinski definition) is 1. The van der Waals surface area contributed by atoms with Crippen molar-refractivity contribution in [2.45, 2.75) is 38.6 Å². The largest absolute Gasteiger partial charge is 0.457 e. The van der Waals surface area contributed by atoms with Crippen molar-refractivity contribution in [3.8, 4) is 11.5 Å². The van der Waals surface area contributed by atoms with Gasteiger partial charge in [-0.05, 0) is 80.3 Å². The molecule has 2 aliphatic rings.